The lowest BCUT2D eigenvalue weighted by atomic mass is 10.1. The Bertz CT molecular complexity index is 423. The Labute approximate surface area is 127 Å². The van der Waals surface area contributed by atoms with Crippen LogP contribution in [0.1, 0.15) is 50.8 Å². The minimum absolute atomic E-state index is 0.0500. The van der Waals surface area contributed by atoms with E-state index in [9.17, 15) is 0 Å². The number of nitrogens with zero attached hydrogens (tertiary/aromatic N) is 2. The topological polar surface area (TPSA) is 48.3 Å². The van der Waals surface area contributed by atoms with E-state index in [1.165, 1.54) is 31.4 Å². The van der Waals surface area contributed by atoms with E-state index in [0.717, 1.165) is 32.6 Å². The summed E-state index contributed by atoms with van der Waals surface area (Å²) in [5, 5.41) is 8.31. The van der Waals surface area contributed by atoms with Crippen LogP contribution < -0.4 is 5.32 Å². The summed E-state index contributed by atoms with van der Waals surface area (Å²) in [5.74, 6) is 0. The minimum Gasteiger partial charge on any atom is -0.350 e. The van der Waals surface area contributed by atoms with Crippen molar-refractivity contribution in [3.8, 4) is 0 Å². The van der Waals surface area contributed by atoms with Crippen LogP contribution in [0.25, 0.3) is 0 Å². The smallest absolute Gasteiger partial charge is 0.159 e. The van der Waals surface area contributed by atoms with Gasteiger partial charge in [-0.15, -0.1) is 0 Å². The van der Waals surface area contributed by atoms with Gasteiger partial charge in [0.25, 0.3) is 0 Å². The van der Waals surface area contributed by atoms with Crippen molar-refractivity contribution in [1.82, 2.24) is 15.1 Å². The third kappa shape index (κ3) is 4.05. The van der Waals surface area contributed by atoms with E-state index >= 15 is 0 Å². The number of rotatable bonds is 7. The zero-order chi connectivity index (χ0) is 14.5. The molecule has 1 saturated carbocycles. The van der Waals surface area contributed by atoms with E-state index in [4.69, 9.17) is 14.6 Å². The van der Waals surface area contributed by atoms with Crippen LogP contribution in [0.4, 0.5) is 0 Å². The number of nitrogens with one attached hydrogen (secondary N) is 1. The Hall–Kier alpha value is -0.910. The average Bonchev–Trinajstić information content (AvgIpc) is 3.21. The highest BCUT2D eigenvalue weighted by atomic mass is 16.7. The lowest BCUT2D eigenvalue weighted by Crippen LogP contribution is -2.35. The summed E-state index contributed by atoms with van der Waals surface area (Å²) in [6.45, 7) is 4.54. The molecule has 1 saturated heterocycles. The molecule has 21 heavy (non-hydrogen) atoms. The van der Waals surface area contributed by atoms with E-state index < -0.39 is 0 Å². The molecule has 5 heteroatoms. The zero-order valence-corrected chi connectivity index (χ0v) is 13.0. The van der Waals surface area contributed by atoms with Crippen molar-refractivity contribution in [3.63, 3.8) is 0 Å². The highest BCUT2D eigenvalue weighted by Crippen LogP contribution is 2.28. The highest BCUT2D eigenvalue weighted by molar-refractivity contribution is 5.03. The second-order valence-electron chi connectivity index (χ2n) is 6.09. The predicted molar refractivity (Wildman–Crippen MR) is 81.2 cm³/mol. The Kier molecular flexibility index (Phi) is 5.27. The largest absolute Gasteiger partial charge is 0.350 e. The third-order valence-electron chi connectivity index (χ3n) is 4.48. The Balaban J connectivity index is 1.56. The van der Waals surface area contributed by atoms with Crippen LogP contribution in [0.3, 0.4) is 0 Å². The maximum Gasteiger partial charge on any atom is 0.159 e. The van der Waals surface area contributed by atoms with Gasteiger partial charge in [0.15, 0.2) is 6.29 Å². The van der Waals surface area contributed by atoms with Gasteiger partial charge in [-0.1, -0.05) is 19.8 Å². The molecule has 1 N–H and O–H groups in total. The standard InChI is InChI=1S/C16H27N3O2/c1-2-17-14(12-16-20-9-10-21-16)11-13-7-8-19(18-13)15-5-3-4-6-15/h7-8,14-17H,2-6,9-12H2,1H3. The highest BCUT2D eigenvalue weighted by Gasteiger charge is 2.22. The molecule has 0 amide bonds. The fourth-order valence-electron chi connectivity index (χ4n) is 3.41. The third-order valence-corrected chi connectivity index (χ3v) is 4.48. The van der Waals surface area contributed by atoms with Crippen molar-refractivity contribution in [3.05, 3.63) is 18.0 Å². The molecule has 2 heterocycles. The molecular formula is C16H27N3O2. The van der Waals surface area contributed by atoms with Crippen LogP contribution in [0.5, 0.6) is 0 Å². The van der Waals surface area contributed by atoms with Gasteiger partial charge in [-0.25, -0.2) is 0 Å². The molecule has 2 aliphatic rings. The van der Waals surface area contributed by atoms with Crippen molar-refractivity contribution in [2.24, 2.45) is 0 Å². The molecule has 0 radical (unpaired) electrons. The Morgan fingerprint density at radius 2 is 2.10 bits per heavy atom. The fourth-order valence-corrected chi connectivity index (χ4v) is 3.41. The number of ether oxygens (including phenoxy) is 2. The first kappa shape index (κ1) is 15.0. The van der Waals surface area contributed by atoms with Gasteiger partial charge in [0.2, 0.25) is 0 Å². The summed E-state index contributed by atoms with van der Waals surface area (Å²) in [6.07, 6.45) is 9.18. The molecule has 1 aliphatic carbocycles. The summed E-state index contributed by atoms with van der Waals surface area (Å²) >= 11 is 0. The predicted octanol–water partition coefficient (Wildman–Crippen LogP) is 2.28. The molecule has 118 valence electrons. The second kappa shape index (κ2) is 7.38. The monoisotopic (exact) mass is 293 g/mol. The van der Waals surface area contributed by atoms with E-state index in [-0.39, 0.29) is 6.29 Å². The normalized spacial score (nSPS) is 22.1. The maximum atomic E-state index is 5.57. The minimum atomic E-state index is -0.0500. The van der Waals surface area contributed by atoms with Crippen LogP contribution in [0.2, 0.25) is 0 Å². The molecule has 0 spiro atoms. The summed E-state index contributed by atoms with van der Waals surface area (Å²) in [7, 11) is 0. The van der Waals surface area contributed by atoms with Crippen LogP contribution in [-0.2, 0) is 15.9 Å². The van der Waals surface area contributed by atoms with Crippen molar-refractivity contribution < 1.29 is 9.47 Å². The van der Waals surface area contributed by atoms with Crippen LogP contribution >= 0.6 is 0 Å². The molecule has 2 fully saturated rings. The van der Waals surface area contributed by atoms with Gasteiger partial charge in [-0.3, -0.25) is 4.68 Å². The first-order valence-electron chi connectivity index (χ1n) is 8.35. The van der Waals surface area contributed by atoms with Gasteiger partial charge in [0.05, 0.1) is 24.9 Å². The molecule has 3 rings (SSSR count). The maximum absolute atomic E-state index is 5.57. The molecule has 1 unspecified atom stereocenters. The van der Waals surface area contributed by atoms with Crippen molar-refractivity contribution >= 4 is 0 Å². The molecule has 5 nitrogen and oxygen atoms in total. The molecule has 1 aromatic rings. The first-order valence-corrected chi connectivity index (χ1v) is 8.35. The Morgan fingerprint density at radius 3 is 2.81 bits per heavy atom. The van der Waals surface area contributed by atoms with Crippen molar-refractivity contribution in [1.29, 1.82) is 0 Å². The Morgan fingerprint density at radius 1 is 1.33 bits per heavy atom. The fraction of sp³-hybridized carbons (Fsp3) is 0.812. The van der Waals surface area contributed by atoms with E-state index in [1.54, 1.807) is 0 Å². The van der Waals surface area contributed by atoms with Gasteiger partial charge >= 0.3 is 0 Å². The molecule has 0 aromatic carbocycles. The van der Waals surface area contributed by atoms with Crippen LogP contribution in [0, 0.1) is 0 Å². The summed E-state index contributed by atoms with van der Waals surface area (Å²) in [6, 6.07) is 3.15. The second-order valence-corrected chi connectivity index (χ2v) is 6.09. The molecule has 1 aliphatic heterocycles. The van der Waals surface area contributed by atoms with Gasteiger partial charge < -0.3 is 14.8 Å². The van der Waals surface area contributed by atoms with Gasteiger partial charge in [-0.2, -0.15) is 5.10 Å². The van der Waals surface area contributed by atoms with Crippen LogP contribution in [0.15, 0.2) is 12.3 Å². The molecule has 0 bridgehead atoms. The summed E-state index contributed by atoms with van der Waals surface area (Å²) in [4.78, 5) is 0. The van der Waals surface area contributed by atoms with E-state index in [2.05, 4.69) is 29.2 Å². The lowest BCUT2D eigenvalue weighted by molar-refractivity contribution is -0.0526. The van der Waals surface area contributed by atoms with E-state index in [0.29, 0.717) is 12.1 Å². The first-order chi connectivity index (χ1) is 10.3. The lowest BCUT2D eigenvalue weighted by Gasteiger charge is -2.20. The summed E-state index contributed by atoms with van der Waals surface area (Å²) < 4.78 is 13.3. The van der Waals surface area contributed by atoms with E-state index in [1.807, 2.05) is 0 Å². The quantitative estimate of drug-likeness (QED) is 0.838. The molecule has 1 atom stereocenters. The van der Waals surface area contributed by atoms with Gasteiger partial charge in [0.1, 0.15) is 0 Å². The summed E-state index contributed by atoms with van der Waals surface area (Å²) in [5.41, 5.74) is 1.17. The van der Waals surface area contributed by atoms with Crippen molar-refractivity contribution in [2.45, 2.75) is 63.8 Å². The number of hydrogen-bond acceptors (Lipinski definition) is 4. The zero-order valence-electron chi connectivity index (χ0n) is 13.0. The number of hydrogen-bond donors (Lipinski definition) is 1. The number of aromatic nitrogens is 2. The average molecular weight is 293 g/mol. The van der Waals surface area contributed by atoms with Crippen molar-refractivity contribution in [2.75, 3.05) is 19.8 Å². The SMILES string of the molecule is CCNC(Cc1ccn(C2CCCC2)n1)CC1OCCO1. The van der Waals surface area contributed by atoms with Gasteiger partial charge in [0, 0.05) is 25.1 Å². The number of likely N-dealkylation sites (N-methyl/N-ethyl adjacent to an activating group) is 1. The molecule has 1 aromatic heterocycles. The molecular weight excluding hydrogens is 266 g/mol. The van der Waals surface area contributed by atoms with Crippen LogP contribution in [-0.4, -0.2) is 41.9 Å². The van der Waals surface area contributed by atoms with Gasteiger partial charge in [-0.05, 0) is 25.5 Å².